The molecule has 0 heterocycles. The van der Waals surface area contributed by atoms with Gasteiger partial charge in [0.15, 0.2) is 0 Å². The van der Waals surface area contributed by atoms with Crippen molar-refractivity contribution >= 4 is 17.5 Å². The minimum absolute atomic E-state index is 0.0531. The number of phenolic OH excluding ortho intramolecular Hbond substituents is 1. The maximum absolute atomic E-state index is 11.8. The van der Waals surface area contributed by atoms with Crippen molar-refractivity contribution in [2.75, 3.05) is 6.54 Å². The van der Waals surface area contributed by atoms with E-state index in [4.69, 9.17) is 11.6 Å². The number of nitrogens with one attached hydrogen (secondary N) is 1. The van der Waals surface area contributed by atoms with Crippen LogP contribution in [0.5, 0.6) is 5.75 Å². The second kappa shape index (κ2) is 6.96. The van der Waals surface area contributed by atoms with Crippen LogP contribution < -0.4 is 5.32 Å². The van der Waals surface area contributed by atoms with Crippen LogP contribution in [0.15, 0.2) is 48.5 Å². The minimum atomic E-state index is -0.0531. The quantitative estimate of drug-likeness (QED) is 0.889. The fourth-order valence-corrected chi connectivity index (χ4v) is 2.17. The molecule has 0 aliphatic rings. The highest BCUT2D eigenvalue weighted by molar-refractivity contribution is 6.30. The first-order valence-corrected chi connectivity index (χ1v) is 6.81. The molecule has 3 nitrogen and oxygen atoms in total. The Hall–Kier alpha value is -2.00. The standard InChI is InChI=1S/C16H16ClNO2/c17-14-6-3-4-12(10-14)11-16(20)18-9-8-13-5-1-2-7-15(13)19/h1-7,10,19H,8-9,11H2,(H,18,20). The number of rotatable bonds is 5. The molecule has 1 amide bonds. The third-order valence-corrected chi connectivity index (χ3v) is 3.20. The number of halogens is 1. The van der Waals surface area contributed by atoms with Gasteiger partial charge in [-0.1, -0.05) is 41.9 Å². The molecule has 2 N–H and O–H groups in total. The minimum Gasteiger partial charge on any atom is -0.508 e. The van der Waals surface area contributed by atoms with E-state index in [1.807, 2.05) is 24.3 Å². The highest BCUT2D eigenvalue weighted by Crippen LogP contribution is 2.15. The van der Waals surface area contributed by atoms with Gasteiger partial charge < -0.3 is 10.4 Å². The van der Waals surface area contributed by atoms with Crippen molar-refractivity contribution in [1.29, 1.82) is 0 Å². The van der Waals surface area contributed by atoms with Crippen molar-refractivity contribution in [2.45, 2.75) is 12.8 Å². The molecule has 104 valence electrons. The predicted octanol–water partition coefficient (Wildman–Crippen LogP) is 2.95. The maximum atomic E-state index is 11.8. The molecule has 0 saturated heterocycles. The first kappa shape index (κ1) is 14.4. The summed E-state index contributed by atoms with van der Waals surface area (Å²) in [6.45, 7) is 0.497. The Morgan fingerprint density at radius 1 is 1.15 bits per heavy atom. The van der Waals surface area contributed by atoms with E-state index in [1.165, 1.54) is 0 Å². The van der Waals surface area contributed by atoms with E-state index in [0.29, 0.717) is 24.4 Å². The van der Waals surface area contributed by atoms with Crippen molar-refractivity contribution in [3.05, 3.63) is 64.7 Å². The summed E-state index contributed by atoms with van der Waals surface area (Å²) in [5, 5.41) is 13.1. The van der Waals surface area contributed by atoms with Gasteiger partial charge in [-0.15, -0.1) is 0 Å². The molecule has 4 heteroatoms. The van der Waals surface area contributed by atoms with Gasteiger partial charge in [0.25, 0.3) is 0 Å². The van der Waals surface area contributed by atoms with Gasteiger partial charge in [-0.2, -0.15) is 0 Å². The molecule has 0 aliphatic heterocycles. The number of amides is 1. The van der Waals surface area contributed by atoms with E-state index in [1.54, 1.807) is 24.3 Å². The summed E-state index contributed by atoms with van der Waals surface area (Å²) in [4.78, 5) is 11.8. The molecule has 0 spiro atoms. The van der Waals surface area contributed by atoms with E-state index < -0.39 is 0 Å². The van der Waals surface area contributed by atoms with Gasteiger partial charge in [-0.25, -0.2) is 0 Å². The van der Waals surface area contributed by atoms with Crippen molar-refractivity contribution in [1.82, 2.24) is 5.32 Å². The molecule has 20 heavy (non-hydrogen) atoms. The molecule has 0 radical (unpaired) electrons. The van der Waals surface area contributed by atoms with Crippen LogP contribution >= 0.6 is 11.6 Å². The van der Waals surface area contributed by atoms with Crippen molar-refractivity contribution in [2.24, 2.45) is 0 Å². The zero-order chi connectivity index (χ0) is 14.4. The number of para-hydroxylation sites is 1. The number of aromatic hydroxyl groups is 1. The second-order valence-corrected chi connectivity index (χ2v) is 4.97. The summed E-state index contributed by atoms with van der Waals surface area (Å²) >= 11 is 5.87. The Morgan fingerprint density at radius 2 is 1.95 bits per heavy atom. The number of hydrogen-bond donors (Lipinski definition) is 2. The van der Waals surface area contributed by atoms with E-state index >= 15 is 0 Å². The van der Waals surface area contributed by atoms with Crippen LogP contribution in [0.25, 0.3) is 0 Å². The van der Waals surface area contributed by atoms with Crippen molar-refractivity contribution in [3.63, 3.8) is 0 Å². The summed E-state index contributed by atoms with van der Waals surface area (Å²) < 4.78 is 0. The molecule has 0 fully saturated rings. The fourth-order valence-electron chi connectivity index (χ4n) is 1.95. The lowest BCUT2D eigenvalue weighted by atomic mass is 10.1. The lowest BCUT2D eigenvalue weighted by Gasteiger charge is -2.07. The van der Waals surface area contributed by atoms with E-state index in [0.717, 1.165) is 11.1 Å². The Kier molecular flexibility index (Phi) is 5.02. The van der Waals surface area contributed by atoms with E-state index in [2.05, 4.69) is 5.32 Å². The molecular weight excluding hydrogens is 274 g/mol. The van der Waals surface area contributed by atoms with Crippen LogP contribution in [-0.2, 0) is 17.6 Å². The van der Waals surface area contributed by atoms with E-state index in [-0.39, 0.29) is 11.7 Å². The molecule has 0 aliphatic carbocycles. The predicted molar refractivity (Wildman–Crippen MR) is 80.0 cm³/mol. The summed E-state index contributed by atoms with van der Waals surface area (Å²) in [5.74, 6) is 0.208. The lowest BCUT2D eigenvalue weighted by molar-refractivity contribution is -0.120. The smallest absolute Gasteiger partial charge is 0.224 e. The number of phenols is 1. The summed E-state index contributed by atoms with van der Waals surface area (Å²) in [6, 6.07) is 14.4. The first-order valence-electron chi connectivity index (χ1n) is 6.43. The third kappa shape index (κ3) is 4.28. The zero-order valence-electron chi connectivity index (χ0n) is 11.0. The maximum Gasteiger partial charge on any atom is 0.224 e. The van der Waals surface area contributed by atoms with Gasteiger partial charge in [-0.3, -0.25) is 4.79 Å². The molecule has 2 aromatic carbocycles. The third-order valence-electron chi connectivity index (χ3n) is 2.96. The molecule has 2 rings (SSSR count). The largest absolute Gasteiger partial charge is 0.508 e. The van der Waals surface area contributed by atoms with Crippen LogP contribution in [0.3, 0.4) is 0 Å². The molecule has 0 saturated carbocycles. The lowest BCUT2D eigenvalue weighted by Crippen LogP contribution is -2.27. The summed E-state index contributed by atoms with van der Waals surface area (Å²) in [7, 11) is 0. The number of hydrogen-bond acceptors (Lipinski definition) is 2. The van der Waals surface area contributed by atoms with Gasteiger partial charge in [0.1, 0.15) is 5.75 Å². The monoisotopic (exact) mass is 289 g/mol. The fraction of sp³-hybridized carbons (Fsp3) is 0.188. The average molecular weight is 290 g/mol. The molecule has 0 atom stereocenters. The summed E-state index contributed by atoms with van der Waals surface area (Å²) in [5.41, 5.74) is 1.72. The van der Waals surface area contributed by atoms with Crippen LogP contribution in [0.2, 0.25) is 5.02 Å². The summed E-state index contributed by atoms with van der Waals surface area (Å²) in [6.07, 6.45) is 0.912. The molecule has 0 bridgehead atoms. The van der Waals surface area contributed by atoms with Gasteiger partial charge in [0.05, 0.1) is 6.42 Å². The topological polar surface area (TPSA) is 49.3 Å². The zero-order valence-corrected chi connectivity index (χ0v) is 11.7. The Labute approximate surface area is 123 Å². The van der Waals surface area contributed by atoms with E-state index in [9.17, 15) is 9.90 Å². The highest BCUT2D eigenvalue weighted by atomic mass is 35.5. The normalized spacial score (nSPS) is 10.2. The van der Waals surface area contributed by atoms with Gasteiger partial charge in [0.2, 0.25) is 5.91 Å². The van der Waals surface area contributed by atoms with Crippen LogP contribution in [0, 0.1) is 0 Å². The van der Waals surface area contributed by atoms with Crippen molar-refractivity contribution < 1.29 is 9.90 Å². The van der Waals surface area contributed by atoms with Gasteiger partial charge >= 0.3 is 0 Å². The highest BCUT2D eigenvalue weighted by Gasteiger charge is 2.04. The Morgan fingerprint density at radius 3 is 2.70 bits per heavy atom. The van der Waals surface area contributed by atoms with Crippen LogP contribution in [0.4, 0.5) is 0 Å². The number of benzene rings is 2. The van der Waals surface area contributed by atoms with Gasteiger partial charge in [-0.05, 0) is 35.7 Å². The Bertz CT molecular complexity index is 599. The molecule has 0 aromatic heterocycles. The van der Waals surface area contributed by atoms with Crippen LogP contribution in [0.1, 0.15) is 11.1 Å². The van der Waals surface area contributed by atoms with Crippen molar-refractivity contribution in [3.8, 4) is 5.75 Å². The number of carbonyl (C=O) groups is 1. The number of carbonyl (C=O) groups excluding carboxylic acids is 1. The SMILES string of the molecule is O=C(Cc1cccc(Cl)c1)NCCc1ccccc1O. The molecular formula is C16H16ClNO2. The van der Waals surface area contributed by atoms with Gasteiger partial charge in [0, 0.05) is 11.6 Å². The Balaban J connectivity index is 1.80. The van der Waals surface area contributed by atoms with Crippen LogP contribution in [-0.4, -0.2) is 17.6 Å². The average Bonchev–Trinajstić information content (AvgIpc) is 2.41. The molecule has 0 unspecified atom stereocenters. The second-order valence-electron chi connectivity index (χ2n) is 4.54. The first-order chi connectivity index (χ1) is 9.65. The molecule has 2 aromatic rings.